The first kappa shape index (κ1) is 9.64. The van der Waals surface area contributed by atoms with E-state index in [0.717, 1.165) is 23.7 Å². The van der Waals surface area contributed by atoms with Crippen LogP contribution in [0, 0.1) is 0 Å². The van der Waals surface area contributed by atoms with Crippen molar-refractivity contribution < 1.29 is 9.53 Å². The average Bonchev–Trinajstić information content (AvgIpc) is 2.29. The number of hydrogen-bond acceptors (Lipinski definition) is 3. The van der Waals surface area contributed by atoms with Gasteiger partial charge < -0.3 is 20.7 Å². The van der Waals surface area contributed by atoms with Gasteiger partial charge in [0.1, 0.15) is 12.4 Å². The van der Waals surface area contributed by atoms with E-state index in [9.17, 15) is 4.79 Å². The van der Waals surface area contributed by atoms with Crippen LogP contribution in [0.5, 0.6) is 5.75 Å². The molecule has 0 unspecified atom stereocenters. The van der Waals surface area contributed by atoms with E-state index in [1.54, 1.807) is 13.1 Å². The van der Waals surface area contributed by atoms with E-state index in [4.69, 9.17) is 4.74 Å². The van der Waals surface area contributed by atoms with E-state index in [1.807, 2.05) is 12.1 Å². The summed E-state index contributed by atoms with van der Waals surface area (Å²) < 4.78 is 5.42. The summed E-state index contributed by atoms with van der Waals surface area (Å²) in [5, 5.41) is 8.39. The predicted octanol–water partition coefficient (Wildman–Crippen LogP) is 1.24. The number of ether oxygens (including phenoxy) is 1. The number of hydrogen-bond donors (Lipinski definition) is 3. The van der Waals surface area contributed by atoms with Crippen LogP contribution in [-0.2, 0) is 0 Å². The fourth-order valence-corrected chi connectivity index (χ4v) is 1.41. The van der Waals surface area contributed by atoms with Crippen LogP contribution in [-0.4, -0.2) is 26.2 Å². The molecule has 0 spiro atoms. The molecule has 0 fully saturated rings. The van der Waals surface area contributed by atoms with Crippen LogP contribution in [0.4, 0.5) is 16.2 Å². The Morgan fingerprint density at radius 3 is 3.20 bits per heavy atom. The molecular weight excluding hydrogens is 194 g/mol. The number of carbonyl (C=O) groups excluding carboxylic acids is 1. The van der Waals surface area contributed by atoms with E-state index in [1.165, 1.54) is 0 Å². The number of fused-ring (bicyclic) bond motifs is 1. The highest BCUT2D eigenvalue weighted by atomic mass is 16.5. The van der Waals surface area contributed by atoms with Gasteiger partial charge in [-0.3, -0.25) is 0 Å². The van der Waals surface area contributed by atoms with Crippen LogP contribution < -0.4 is 20.7 Å². The summed E-state index contributed by atoms with van der Waals surface area (Å²) in [4.78, 5) is 11.1. The topological polar surface area (TPSA) is 62.4 Å². The zero-order chi connectivity index (χ0) is 10.7. The fraction of sp³-hybridized carbons (Fsp3) is 0.300. The molecule has 1 aliphatic rings. The van der Waals surface area contributed by atoms with Gasteiger partial charge in [-0.15, -0.1) is 0 Å². The molecule has 0 aromatic heterocycles. The second-order valence-electron chi connectivity index (χ2n) is 3.19. The predicted molar refractivity (Wildman–Crippen MR) is 58.5 cm³/mol. The number of amides is 2. The molecule has 0 saturated heterocycles. The Balaban J connectivity index is 2.17. The van der Waals surface area contributed by atoms with Crippen LogP contribution in [0.15, 0.2) is 18.2 Å². The first-order valence-electron chi connectivity index (χ1n) is 4.79. The molecule has 0 radical (unpaired) electrons. The third kappa shape index (κ3) is 2.12. The Kier molecular flexibility index (Phi) is 2.62. The van der Waals surface area contributed by atoms with Gasteiger partial charge in [-0.25, -0.2) is 4.79 Å². The highest BCUT2D eigenvalue weighted by molar-refractivity contribution is 5.90. The summed E-state index contributed by atoms with van der Waals surface area (Å²) in [6.07, 6.45) is 0. The fourth-order valence-electron chi connectivity index (χ4n) is 1.41. The average molecular weight is 207 g/mol. The van der Waals surface area contributed by atoms with Crippen molar-refractivity contribution in [2.24, 2.45) is 0 Å². The molecule has 15 heavy (non-hydrogen) atoms. The van der Waals surface area contributed by atoms with Crippen molar-refractivity contribution >= 4 is 17.4 Å². The van der Waals surface area contributed by atoms with Gasteiger partial charge in [0, 0.05) is 19.3 Å². The number of anilines is 2. The molecule has 0 bridgehead atoms. The second-order valence-corrected chi connectivity index (χ2v) is 3.19. The number of urea groups is 1. The molecule has 0 aliphatic carbocycles. The summed E-state index contributed by atoms with van der Waals surface area (Å²) in [5.41, 5.74) is 1.65. The molecule has 80 valence electrons. The van der Waals surface area contributed by atoms with E-state index >= 15 is 0 Å². The molecule has 1 aromatic rings. The molecule has 1 aromatic carbocycles. The van der Waals surface area contributed by atoms with Crippen molar-refractivity contribution in [1.29, 1.82) is 0 Å². The normalized spacial score (nSPS) is 13.1. The van der Waals surface area contributed by atoms with Crippen molar-refractivity contribution in [2.45, 2.75) is 0 Å². The Morgan fingerprint density at radius 2 is 2.40 bits per heavy atom. The van der Waals surface area contributed by atoms with Gasteiger partial charge in [-0.2, -0.15) is 0 Å². The largest absolute Gasteiger partial charge is 0.490 e. The maximum atomic E-state index is 11.1. The highest BCUT2D eigenvalue weighted by Crippen LogP contribution is 2.29. The molecule has 2 amide bonds. The summed E-state index contributed by atoms with van der Waals surface area (Å²) >= 11 is 0. The van der Waals surface area contributed by atoms with Crippen molar-refractivity contribution in [1.82, 2.24) is 5.32 Å². The van der Waals surface area contributed by atoms with E-state index in [-0.39, 0.29) is 6.03 Å². The van der Waals surface area contributed by atoms with Crippen LogP contribution in [0.25, 0.3) is 0 Å². The molecule has 5 nitrogen and oxygen atoms in total. The van der Waals surface area contributed by atoms with Crippen molar-refractivity contribution in [2.75, 3.05) is 30.8 Å². The van der Waals surface area contributed by atoms with Gasteiger partial charge in [-0.1, -0.05) is 0 Å². The zero-order valence-corrected chi connectivity index (χ0v) is 8.46. The molecular formula is C10H13N3O2. The maximum Gasteiger partial charge on any atom is 0.318 e. The lowest BCUT2D eigenvalue weighted by atomic mass is 10.2. The lowest BCUT2D eigenvalue weighted by Gasteiger charge is -2.19. The monoisotopic (exact) mass is 207 g/mol. The summed E-state index contributed by atoms with van der Waals surface area (Å²) in [7, 11) is 1.58. The van der Waals surface area contributed by atoms with Crippen LogP contribution in [0.3, 0.4) is 0 Å². The number of carbonyl (C=O) groups is 1. The summed E-state index contributed by atoms with van der Waals surface area (Å²) in [6, 6.07) is 5.27. The maximum absolute atomic E-state index is 11.1. The van der Waals surface area contributed by atoms with Gasteiger partial charge in [0.05, 0.1) is 5.69 Å². The lowest BCUT2D eigenvalue weighted by Crippen LogP contribution is -2.24. The van der Waals surface area contributed by atoms with E-state index < -0.39 is 0 Å². The SMILES string of the molecule is CNC(=O)Nc1ccc2c(c1)NCCO2. The number of rotatable bonds is 1. The Bertz CT molecular complexity index is 379. The first-order chi connectivity index (χ1) is 7.29. The quantitative estimate of drug-likeness (QED) is 0.649. The Hall–Kier alpha value is -1.91. The number of nitrogens with one attached hydrogen (secondary N) is 3. The number of benzene rings is 1. The third-order valence-electron chi connectivity index (χ3n) is 2.14. The molecule has 3 N–H and O–H groups in total. The van der Waals surface area contributed by atoms with Gasteiger partial charge in [0.15, 0.2) is 0 Å². The van der Waals surface area contributed by atoms with Gasteiger partial charge in [-0.05, 0) is 18.2 Å². The van der Waals surface area contributed by atoms with Gasteiger partial charge >= 0.3 is 6.03 Å². The Morgan fingerprint density at radius 1 is 1.53 bits per heavy atom. The molecule has 2 rings (SSSR count). The molecule has 5 heteroatoms. The smallest absolute Gasteiger partial charge is 0.318 e. The van der Waals surface area contributed by atoms with E-state index in [0.29, 0.717) is 6.61 Å². The zero-order valence-electron chi connectivity index (χ0n) is 8.46. The molecule has 0 saturated carbocycles. The standard InChI is InChI=1S/C10H13N3O2/c1-11-10(14)13-7-2-3-9-8(6-7)12-4-5-15-9/h2-3,6,12H,4-5H2,1H3,(H2,11,13,14). The summed E-state index contributed by atoms with van der Waals surface area (Å²) in [5.74, 6) is 0.823. The second kappa shape index (κ2) is 4.08. The minimum atomic E-state index is -0.230. The van der Waals surface area contributed by atoms with Crippen LogP contribution >= 0.6 is 0 Å². The first-order valence-corrected chi connectivity index (χ1v) is 4.79. The Labute approximate surface area is 87.8 Å². The molecule has 1 heterocycles. The van der Waals surface area contributed by atoms with Crippen LogP contribution in [0.1, 0.15) is 0 Å². The van der Waals surface area contributed by atoms with Crippen LogP contribution in [0.2, 0.25) is 0 Å². The van der Waals surface area contributed by atoms with Crippen molar-refractivity contribution in [3.8, 4) is 5.75 Å². The molecule has 0 atom stereocenters. The minimum Gasteiger partial charge on any atom is -0.490 e. The summed E-state index contributed by atoms with van der Waals surface area (Å²) in [6.45, 7) is 1.46. The van der Waals surface area contributed by atoms with Crippen molar-refractivity contribution in [3.05, 3.63) is 18.2 Å². The third-order valence-corrected chi connectivity index (χ3v) is 2.14. The van der Waals surface area contributed by atoms with Crippen molar-refractivity contribution in [3.63, 3.8) is 0 Å². The lowest BCUT2D eigenvalue weighted by molar-refractivity contribution is 0.254. The van der Waals surface area contributed by atoms with Gasteiger partial charge in [0.25, 0.3) is 0 Å². The highest BCUT2D eigenvalue weighted by Gasteiger charge is 2.10. The molecule has 1 aliphatic heterocycles. The van der Waals surface area contributed by atoms with Gasteiger partial charge in [0.2, 0.25) is 0 Å². The van der Waals surface area contributed by atoms with E-state index in [2.05, 4.69) is 16.0 Å². The minimum absolute atomic E-state index is 0.230.